The predicted molar refractivity (Wildman–Crippen MR) is 122 cm³/mol. The molecular weight excluding hydrogens is 426 g/mol. The molecule has 0 bridgehead atoms. The van der Waals surface area contributed by atoms with Crippen LogP contribution in [0, 0.1) is 18.3 Å². The van der Waals surface area contributed by atoms with Crippen molar-refractivity contribution in [2.75, 3.05) is 24.5 Å². The third kappa shape index (κ3) is 3.31. The van der Waals surface area contributed by atoms with Crippen LogP contribution in [0.4, 0.5) is 5.95 Å². The molecule has 4 aromatic rings. The van der Waals surface area contributed by atoms with Gasteiger partial charge >= 0.3 is 0 Å². The van der Waals surface area contributed by atoms with E-state index >= 15 is 0 Å². The molecule has 1 aliphatic rings. The molecule has 0 saturated carbocycles. The second kappa shape index (κ2) is 7.77. The van der Waals surface area contributed by atoms with Crippen LogP contribution in [0.5, 0.6) is 0 Å². The summed E-state index contributed by atoms with van der Waals surface area (Å²) < 4.78 is 1.96. The van der Waals surface area contributed by atoms with E-state index in [1.807, 2.05) is 41.3 Å². The maximum Gasteiger partial charge on any atom is 0.254 e. The van der Waals surface area contributed by atoms with Gasteiger partial charge < -0.3 is 9.80 Å². The van der Waals surface area contributed by atoms with Crippen LogP contribution >= 0.6 is 11.6 Å². The summed E-state index contributed by atoms with van der Waals surface area (Å²) in [4.78, 5) is 22.0. The van der Waals surface area contributed by atoms with Crippen LogP contribution in [0.25, 0.3) is 16.6 Å². The minimum atomic E-state index is -0.0712. The van der Waals surface area contributed by atoms with Crippen molar-refractivity contribution in [2.45, 2.75) is 19.9 Å². The minimum Gasteiger partial charge on any atom is -0.338 e. The standard InChI is InChI=1S/C23H20ClN7O/c1-14-13-29(8-9-30(14)22(32)17-5-3-4-16(10-17)12-25)23-26-20-11-18(24)6-7-19(20)21-28-27-15(2)31(21)23/h3-7,10-11,14H,8-9,13H2,1-2H3. The Balaban J connectivity index is 1.48. The molecule has 0 aliphatic carbocycles. The number of aryl methyl sites for hydroxylation is 1. The lowest BCUT2D eigenvalue weighted by Crippen LogP contribution is -2.54. The Morgan fingerprint density at radius 1 is 1.19 bits per heavy atom. The van der Waals surface area contributed by atoms with Crippen molar-refractivity contribution >= 4 is 40.0 Å². The Kier molecular flexibility index (Phi) is 4.91. The quantitative estimate of drug-likeness (QED) is 0.469. The van der Waals surface area contributed by atoms with E-state index in [1.54, 1.807) is 24.3 Å². The van der Waals surface area contributed by atoms with Gasteiger partial charge in [0.15, 0.2) is 5.65 Å². The van der Waals surface area contributed by atoms with Crippen molar-refractivity contribution in [1.29, 1.82) is 5.26 Å². The highest BCUT2D eigenvalue weighted by atomic mass is 35.5. The number of rotatable bonds is 2. The second-order valence-electron chi connectivity index (χ2n) is 7.97. The zero-order chi connectivity index (χ0) is 22.4. The van der Waals surface area contributed by atoms with Crippen LogP contribution in [0.2, 0.25) is 5.02 Å². The summed E-state index contributed by atoms with van der Waals surface area (Å²) in [6.45, 7) is 5.68. The Morgan fingerprint density at radius 2 is 2.03 bits per heavy atom. The monoisotopic (exact) mass is 445 g/mol. The zero-order valence-corrected chi connectivity index (χ0v) is 18.4. The number of piperazine rings is 1. The molecule has 3 heterocycles. The molecule has 0 spiro atoms. The maximum atomic E-state index is 13.1. The highest BCUT2D eigenvalue weighted by Gasteiger charge is 2.30. The van der Waals surface area contributed by atoms with Crippen molar-refractivity contribution in [1.82, 2.24) is 24.5 Å². The van der Waals surface area contributed by atoms with Gasteiger partial charge in [0.2, 0.25) is 5.95 Å². The van der Waals surface area contributed by atoms with E-state index in [9.17, 15) is 4.79 Å². The third-order valence-electron chi connectivity index (χ3n) is 5.86. The Morgan fingerprint density at radius 3 is 2.81 bits per heavy atom. The number of nitriles is 1. The van der Waals surface area contributed by atoms with Crippen molar-refractivity contribution in [3.05, 3.63) is 64.4 Å². The largest absolute Gasteiger partial charge is 0.338 e. The topological polar surface area (TPSA) is 90.4 Å². The highest BCUT2D eigenvalue weighted by Crippen LogP contribution is 2.28. The van der Waals surface area contributed by atoms with E-state index in [4.69, 9.17) is 21.8 Å². The van der Waals surface area contributed by atoms with Gasteiger partial charge in [-0.05, 0) is 50.2 Å². The molecule has 8 nitrogen and oxygen atoms in total. The molecule has 1 atom stereocenters. The van der Waals surface area contributed by atoms with Crippen molar-refractivity contribution in [3.8, 4) is 6.07 Å². The minimum absolute atomic E-state index is 0.0503. The number of fused-ring (bicyclic) bond motifs is 3. The summed E-state index contributed by atoms with van der Waals surface area (Å²) in [5, 5.41) is 19.3. The van der Waals surface area contributed by atoms with E-state index in [2.05, 4.69) is 21.2 Å². The van der Waals surface area contributed by atoms with Crippen LogP contribution in [-0.2, 0) is 0 Å². The Bertz CT molecular complexity index is 1410. The van der Waals surface area contributed by atoms with Crippen molar-refractivity contribution in [2.24, 2.45) is 0 Å². The van der Waals surface area contributed by atoms with Gasteiger partial charge in [0.1, 0.15) is 5.82 Å². The molecule has 2 aromatic carbocycles. The number of carbonyl (C=O) groups is 1. The number of hydrogen-bond acceptors (Lipinski definition) is 6. The van der Waals surface area contributed by atoms with Gasteiger partial charge in [-0.25, -0.2) is 9.38 Å². The average Bonchev–Trinajstić information content (AvgIpc) is 3.19. The number of carbonyl (C=O) groups excluding carboxylic acids is 1. The van der Waals surface area contributed by atoms with Crippen molar-refractivity contribution < 1.29 is 4.79 Å². The highest BCUT2D eigenvalue weighted by molar-refractivity contribution is 6.31. The fourth-order valence-corrected chi connectivity index (χ4v) is 4.43. The van der Waals surface area contributed by atoms with Crippen molar-refractivity contribution in [3.63, 3.8) is 0 Å². The summed E-state index contributed by atoms with van der Waals surface area (Å²) in [5.74, 6) is 1.42. The third-order valence-corrected chi connectivity index (χ3v) is 6.09. The van der Waals surface area contributed by atoms with Crippen LogP contribution in [-0.4, -0.2) is 56.1 Å². The first kappa shape index (κ1) is 20.2. The van der Waals surface area contributed by atoms with Gasteiger partial charge in [0.05, 0.1) is 17.1 Å². The molecule has 160 valence electrons. The van der Waals surface area contributed by atoms with Gasteiger partial charge in [0, 0.05) is 41.6 Å². The summed E-state index contributed by atoms with van der Waals surface area (Å²) in [7, 11) is 0. The molecule has 1 saturated heterocycles. The molecule has 32 heavy (non-hydrogen) atoms. The molecule has 1 unspecified atom stereocenters. The molecule has 1 aliphatic heterocycles. The number of halogens is 1. The first-order valence-electron chi connectivity index (χ1n) is 10.3. The zero-order valence-electron chi connectivity index (χ0n) is 17.7. The number of benzene rings is 2. The summed E-state index contributed by atoms with van der Waals surface area (Å²) in [6.07, 6.45) is 0. The molecule has 1 fully saturated rings. The van der Waals surface area contributed by atoms with Gasteiger partial charge in [-0.3, -0.25) is 4.79 Å². The van der Waals surface area contributed by atoms with Gasteiger partial charge in [0.25, 0.3) is 5.91 Å². The van der Waals surface area contributed by atoms with E-state index in [0.717, 1.165) is 28.3 Å². The van der Waals surface area contributed by atoms with E-state index in [1.165, 1.54) is 0 Å². The van der Waals surface area contributed by atoms with Crippen LogP contribution in [0.3, 0.4) is 0 Å². The van der Waals surface area contributed by atoms with E-state index < -0.39 is 0 Å². The molecule has 2 aromatic heterocycles. The predicted octanol–water partition coefficient (Wildman–Crippen LogP) is 3.46. The Hall–Kier alpha value is -3.70. The smallest absolute Gasteiger partial charge is 0.254 e. The van der Waals surface area contributed by atoms with Crippen LogP contribution in [0.15, 0.2) is 42.5 Å². The van der Waals surface area contributed by atoms with E-state index in [-0.39, 0.29) is 11.9 Å². The first-order valence-corrected chi connectivity index (χ1v) is 10.7. The van der Waals surface area contributed by atoms with Gasteiger partial charge in [-0.15, -0.1) is 10.2 Å². The molecule has 0 radical (unpaired) electrons. The molecule has 5 rings (SSSR count). The summed E-state index contributed by atoms with van der Waals surface area (Å²) in [5.41, 5.74) is 2.50. The summed E-state index contributed by atoms with van der Waals surface area (Å²) >= 11 is 6.21. The van der Waals surface area contributed by atoms with Crippen LogP contribution < -0.4 is 4.90 Å². The van der Waals surface area contributed by atoms with E-state index in [0.29, 0.717) is 35.8 Å². The molecule has 9 heteroatoms. The second-order valence-corrected chi connectivity index (χ2v) is 8.40. The average molecular weight is 446 g/mol. The SMILES string of the molecule is Cc1nnc2c3ccc(Cl)cc3nc(N3CCN(C(=O)c4cccc(C#N)c4)C(C)C3)n12. The number of amides is 1. The van der Waals surface area contributed by atoms with Gasteiger partial charge in [-0.1, -0.05) is 17.7 Å². The normalized spacial score (nSPS) is 16.5. The number of hydrogen-bond donors (Lipinski definition) is 0. The molecule has 0 N–H and O–H groups in total. The number of aromatic nitrogens is 4. The maximum absolute atomic E-state index is 13.1. The molecular formula is C23H20ClN7O. The van der Waals surface area contributed by atoms with Gasteiger partial charge in [-0.2, -0.15) is 5.26 Å². The lowest BCUT2D eigenvalue weighted by molar-refractivity contribution is 0.0673. The lowest BCUT2D eigenvalue weighted by atomic mass is 10.1. The van der Waals surface area contributed by atoms with Crippen LogP contribution in [0.1, 0.15) is 28.7 Å². The first-order chi connectivity index (χ1) is 15.5. The number of nitrogens with zero attached hydrogens (tertiary/aromatic N) is 7. The fourth-order valence-electron chi connectivity index (χ4n) is 4.26. The summed E-state index contributed by atoms with van der Waals surface area (Å²) in [6, 6.07) is 14.4. The number of anilines is 1. The molecule has 1 amide bonds. The lowest BCUT2D eigenvalue weighted by Gasteiger charge is -2.40. The fraction of sp³-hybridized carbons (Fsp3) is 0.261. The Labute approximate surface area is 189 Å².